The fraction of sp³-hybridized carbons (Fsp3) is 0.467. The predicted octanol–water partition coefficient (Wildman–Crippen LogP) is 5.10. The van der Waals surface area contributed by atoms with Crippen molar-refractivity contribution in [3.63, 3.8) is 0 Å². The van der Waals surface area contributed by atoms with Crippen molar-refractivity contribution < 1.29 is 28.0 Å². The summed E-state index contributed by atoms with van der Waals surface area (Å²) in [5, 5.41) is 10.2. The molecular weight excluding hydrogens is 626 g/mol. The van der Waals surface area contributed by atoms with Crippen LogP contribution in [-0.4, -0.2) is 61.2 Å². The second-order valence-corrected chi connectivity index (χ2v) is 13.0. The summed E-state index contributed by atoms with van der Waals surface area (Å²) in [5.74, 6) is -5.80. The quantitative estimate of drug-likeness (QED) is 0.269. The van der Waals surface area contributed by atoms with E-state index in [2.05, 4.69) is 43.6 Å². The zero-order chi connectivity index (χ0) is 30.8. The molecular formula is C30H31BrF2N6O4. The number of fused-ring (bicyclic) bond motifs is 2. The summed E-state index contributed by atoms with van der Waals surface area (Å²) in [6.45, 7) is 5.02. The molecule has 6 rings (SSSR count). The second kappa shape index (κ2) is 10.5. The number of amides is 3. The van der Waals surface area contributed by atoms with Gasteiger partial charge in [-0.05, 0) is 83.8 Å². The number of halogens is 3. The van der Waals surface area contributed by atoms with Crippen LogP contribution >= 0.6 is 15.9 Å². The molecule has 3 amide bonds. The summed E-state index contributed by atoms with van der Waals surface area (Å²) >= 11 is 3.32. The Bertz CT molecular complexity index is 1690. The summed E-state index contributed by atoms with van der Waals surface area (Å²) in [6, 6.07) is 7.49. The molecule has 0 bridgehead atoms. The summed E-state index contributed by atoms with van der Waals surface area (Å²) in [7, 11) is 0. The number of anilines is 2. The van der Waals surface area contributed by atoms with Crippen LogP contribution in [-0.2, 0) is 20.9 Å². The molecule has 1 aliphatic heterocycles. The van der Waals surface area contributed by atoms with Gasteiger partial charge >= 0.3 is 0 Å². The number of Topliss-reactive ketones (excluding diaryl/α,β-unsaturated/α-hetero) is 1. The average Bonchev–Trinajstić information content (AvgIpc) is 3.19. The fourth-order valence-corrected chi connectivity index (χ4v) is 6.83. The standard InChI is InChI=1S/C30H31BrF2N6O4/c1-15-6-9-23(31)35-26(15)36-28(43)21-12-29(3)13-22(29)39(21)24(41)14-38-20-8-7-17(11-18(20)25(37-38)16(2)40)34-27(42)19-5-4-10-30(19,32)33/h6-9,11,19,21-22H,4-5,10,12-14H2,1-3H3,(H,34,42)(H,35,36,43)/t19?,21-,22+,29-/m0/s1. The first-order valence-corrected chi connectivity index (χ1v) is 15.0. The molecule has 1 unspecified atom stereocenters. The zero-order valence-corrected chi connectivity index (χ0v) is 25.5. The van der Waals surface area contributed by atoms with Gasteiger partial charge in [-0.1, -0.05) is 13.0 Å². The number of likely N-dealkylation sites (tertiary alicyclic amines) is 1. The molecule has 2 aliphatic carbocycles. The molecule has 3 aromatic rings. The number of aromatic nitrogens is 3. The SMILES string of the molecule is CC(=O)c1nn(CC(=O)N2[C@H](C(=O)Nc3nc(Br)ccc3C)C[C@@]3(C)C[C@@H]23)c2ccc(NC(=O)C3CCCC3(F)F)cc12. The molecule has 3 heterocycles. The molecule has 1 aromatic carbocycles. The average molecular weight is 658 g/mol. The molecule has 226 valence electrons. The van der Waals surface area contributed by atoms with Gasteiger partial charge in [-0.25, -0.2) is 13.8 Å². The number of benzene rings is 1. The third kappa shape index (κ3) is 5.32. The number of hydrogen-bond acceptors (Lipinski definition) is 6. The van der Waals surface area contributed by atoms with Crippen molar-refractivity contribution in [3.05, 3.63) is 46.2 Å². The Morgan fingerprint density at radius 1 is 1.09 bits per heavy atom. The largest absolute Gasteiger partial charge is 0.326 e. The normalized spacial score (nSPS) is 25.4. The van der Waals surface area contributed by atoms with Gasteiger partial charge in [-0.2, -0.15) is 5.10 Å². The molecule has 3 fully saturated rings. The molecule has 43 heavy (non-hydrogen) atoms. The third-order valence-corrected chi connectivity index (χ3v) is 9.44. The van der Waals surface area contributed by atoms with E-state index in [1.54, 1.807) is 17.0 Å². The second-order valence-electron chi connectivity index (χ2n) is 12.2. The lowest BCUT2D eigenvalue weighted by molar-refractivity contribution is -0.138. The highest BCUT2D eigenvalue weighted by molar-refractivity contribution is 9.10. The Balaban J connectivity index is 1.24. The molecule has 4 atom stereocenters. The minimum absolute atomic E-state index is 0.0862. The molecule has 0 spiro atoms. The highest BCUT2D eigenvalue weighted by Gasteiger charge is 2.64. The Hall–Kier alpha value is -3.74. The lowest BCUT2D eigenvalue weighted by atomic mass is 10.0. The lowest BCUT2D eigenvalue weighted by Gasteiger charge is -2.27. The first-order chi connectivity index (χ1) is 20.3. The summed E-state index contributed by atoms with van der Waals surface area (Å²) in [4.78, 5) is 58.3. The highest BCUT2D eigenvalue weighted by atomic mass is 79.9. The maximum absolute atomic E-state index is 14.1. The molecule has 0 radical (unpaired) electrons. The van der Waals surface area contributed by atoms with Crippen LogP contribution in [0, 0.1) is 18.3 Å². The van der Waals surface area contributed by atoms with E-state index in [1.807, 2.05) is 13.0 Å². The number of nitrogens with one attached hydrogen (secondary N) is 2. The maximum Gasteiger partial charge on any atom is 0.259 e. The number of alkyl halides is 2. The van der Waals surface area contributed by atoms with Crippen molar-refractivity contribution in [1.82, 2.24) is 19.7 Å². The topological polar surface area (TPSA) is 126 Å². The van der Waals surface area contributed by atoms with E-state index in [9.17, 15) is 28.0 Å². The van der Waals surface area contributed by atoms with Crippen molar-refractivity contribution in [1.29, 1.82) is 0 Å². The van der Waals surface area contributed by atoms with Crippen LogP contribution in [0.5, 0.6) is 0 Å². The number of nitrogens with zero attached hydrogens (tertiary/aromatic N) is 4. The number of hydrogen-bond donors (Lipinski definition) is 2. The van der Waals surface area contributed by atoms with E-state index in [0.717, 1.165) is 12.0 Å². The van der Waals surface area contributed by atoms with E-state index in [1.165, 1.54) is 23.7 Å². The minimum Gasteiger partial charge on any atom is -0.326 e. The third-order valence-electron chi connectivity index (χ3n) is 9.00. The van der Waals surface area contributed by atoms with E-state index < -0.39 is 23.8 Å². The number of carbonyl (C=O) groups excluding carboxylic acids is 4. The number of pyridine rings is 1. The van der Waals surface area contributed by atoms with E-state index in [4.69, 9.17) is 0 Å². The molecule has 1 saturated heterocycles. The van der Waals surface area contributed by atoms with Gasteiger partial charge in [-0.3, -0.25) is 23.9 Å². The molecule has 2 N–H and O–H groups in total. The van der Waals surface area contributed by atoms with E-state index in [0.29, 0.717) is 27.7 Å². The van der Waals surface area contributed by atoms with E-state index >= 15 is 0 Å². The smallest absolute Gasteiger partial charge is 0.259 e. The number of aryl methyl sites for hydroxylation is 1. The molecule has 2 aromatic heterocycles. The van der Waals surface area contributed by atoms with Gasteiger partial charge in [-0.15, -0.1) is 0 Å². The summed E-state index contributed by atoms with van der Waals surface area (Å²) < 4.78 is 30.2. The van der Waals surface area contributed by atoms with Crippen LogP contribution < -0.4 is 10.6 Å². The Labute approximate surface area is 254 Å². The van der Waals surface area contributed by atoms with Crippen molar-refractivity contribution >= 4 is 61.8 Å². The van der Waals surface area contributed by atoms with Crippen LogP contribution in [0.1, 0.15) is 62.0 Å². The molecule has 13 heteroatoms. The predicted molar refractivity (Wildman–Crippen MR) is 158 cm³/mol. The zero-order valence-electron chi connectivity index (χ0n) is 23.9. The van der Waals surface area contributed by atoms with Gasteiger partial charge < -0.3 is 15.5 Å². The Morgan fingerprint density at radius 2 is 1.86 bits per heavy atom. The maximum atomic E-state index is 14.1. The van der Waals surface area contributed by atoms with Gasteiger partial charge in [0.25, 0.3) is 5.92 Å². The molecule has 2 saturated carbocycles. The summed E-state index contributed by atoms with van der Waals surface area (Å²) in [5.41, 5.74) is 1.45. The van der Waals surface area contributed by atoms with Crippen molar-refractivity contribution in [2.24, 2.45) is 11.3 Å². The first kappa shape index (κ1) is 29.3. The molecule has 10 nitrogen and oxygen atoms in total. The van der Waals surface area contributed by atoms with Crippen LogP contribution in [0.25, 0.3) is 10.9 Å². The fourth-order valence-electron chi connectivity index (χ4n) is 6.52. The highest BCUT2D eigenvalue weighted by Crippen LogP contribution is 2.59. The number of piperidine rings is 1. The van der Waals surface area contributed by atoms with Crippen LogP contribution in [0.3, 0.4) is 0 Å². The van der Waals surface area contributed by atoms with Gasteiger partial charge in [0.15, 0.2) is 5.78 Å². The van der Waals surface area contributed by atoms with Crippen LogP contribution in [0.2, 0.25) is 0 Å². The van der Waals surface area contributed by atoms with Crippen LogP contribution in [0.15, 0.2) is 34.9 Å². The Morgan fingerprint density at radius 3 is 2.56 bits per heavy atom. The lowest BCUT2D eigenvalue weighted by Crippen LogP contribution is -2.47. The minimum atomic E-state index is -3.06. The number of rotatable bonds is 7. The number of ketones is 1. The van der Waals surface area contributed by atoms with Crippen LogP contribution in [0.4, 0.5) is 20.3 Å². The van der Waals surface area contributed by atoms with Gasteiger partial charge in [0, 0.05) is 30.5 Å². The van der Waals surface area contributed by atoms with Gasteiger partial charge in [0.2, 0.25) is 17.7 Å². The van der Waals surface area contributed by atoms with Crippen molar-refractivity contribution in [3.8, 4) is 0 Å². The van der Waals surface area contributed by atoms with Crippen molar-refractivity contribution in [2.75, 3.05) is 10.6 Å². The summed E-state index contributed by atoms with van der Waals surface area (Å²) in [6.07, 6.45) is 1.37. The monoisotopic (exact) mass is 656 g/mol. The molecule has 3 aliphatic rings. The number of carbonyl (C=O) groups is 4. The van der Waals surface area contributed by atoms with Gasteiger partial charge in [0.05, 0.1) is 5.52 Å². The Kier molecular flexibility index (Phi) is 7.14. The van der Waals surface area contributed by atoms with E-state index in [-0.39, 0.29) is 66.2 Å². The first-order valence-electron chi connectivity index (χ1n) is 14.2. The van der Waals surface area contributed by atoms with Crippen molar-refractivity contribution in [2.45, 2.75) is 77.4 Å². The van der Waals surface area contributed by atoms with Gasteiger partial charge in [0.1, 0.15) is 34.6 Å².